The highest BCUT2D eigenvalue weighted by Gasteiger charge is 2.28. The van der Waals surface area contributed by atoms with E-state index >= 15 is 0 Å². The van der Waals surface area contributed by atoms with Crippen LogP contribution in [0.1, 0.15) is 81.7 Å². The molecule has 0 radical (unpaired) electrons. The van der Waals surface area contributed by atoms with E-state index < -0.39 is 47.1 Å². The second-order valence-corrected chi connectivity index (χ2v) is 12.4. The molecule has 0 aliphatic heterocycles. The fraction of sp³-hybridized carbons (Fsp3) is 0.607. The Bertz CT molecular complexity index is 1050. The Morgan fingerprint density at radius 2 is 1.25 bits per heavy atom. The number of hydrogen-bond donors (Lipinski definition) is 3. The van der Waals surface area contributed by atoms with Crippen molar-refractivity contribution in [2.75, 3.05) is 0 Å². The summed E-state index contributed by atoms with van der Waals surface area (Å²) in [6.45, 7) is 18.8. The predicted octanol–water partition coefficient (Wildman–Crippen LogP) is 5.32. The van der Waals surface area contributed by atoms with E-state index in [2.05, 4.69) is 20.9 Å². The highest BCUT2D eigenvalue weighted by atomic mass is 16.6. The molecule has 1 aromatic carbocycles. The van der Waals surface area contributed by atoms with Crippen molar-refractivity contribution >= 4 is 35.9 Å². The first kappa shape index (κ1) is 34.2. The van der Waals surface area contributed by atoms with Gasteiger partial charge in [-0.3, -0.25) is 10.6 Å². The van der Waals surface area contributed by atoms with Crippen LogP contribution in [0.3, 0.4) is 0 Å². The van der Waals surface area contributed by atoms with Gasteiger partial charge in [0.05, 0.1) is 5.69 Å². The summed E-state index contributed by atoms with van der Waals surface area (Å²) in [4.78, 5) is 53.9. The molecule has 3 amide bonds. The summed E-state index contributed by atoms with van der Waals surface area (Å²) < 4.78 is 21.2. The largest absolute Gasteiger partial charge is 0.459 e. The molecular formula is C28H44N4O8. The number of nitrogens with zero attached hydrogens (tertiary/aromatic N) is 1. The van der Waals surface area contributed by atoms with Crippen molar-refractivity contribution in [2.24, 2.45) is 10.9 Å². The van der Waals surface area contributed by atoms with Gasteiger partial charge in [0.15, 0.2) is 0 Å². The Balaban J connectivity index is 3.05. The highest BCUT2D eigenvalue weighted by Crippen LogP contribution is 2.17. The fourth-order valence-electron chi connectivity index (χ4n) is 2.91. The lowest BCUT2D eigenvalue weighted by molar-refractivity contribution is -0.148. The molecule has 0 bridgehead atoms. The van der Waals surface area contributed by atoms with Crippen molar-refractivity contribution in [3.63, 3.8) is 0 Å². The summed E-state index contributed by atoms with van der Waals surface area (Å²) in [5, 5.41) is 7.37. The Morgan fingerprint density at radius 1 is 0.775 bits per heavy atom. The molecule has 0 unspecified atom stereocenters. The molecule has 0 saturated carbocycles. The Kier molecular flexibility index (Phi) is 12.0. The number of nitrogens with one attached hydrogen (secondary N) is 3. The van der Waals surface area contributed by atoms with Crippen molar-refractivity contribution in [3.05, 3.63) is 29.8 Å². The first-order chi connectivity index (χ1) is 18.1. The zero-order valence-electron chi connectivity index (χ0n) is 25.4. The van der Waals surface area contributed by atoms with E-state index in [0.717, 1.165) is 0 Å². The summed E-state index contributed by atoms with van der Waals surface area (Å²) in [5.74, 6) is -1.11. The minimum atomic E-state index is -0.918. The van der Waals surface area contributed by atoms with Crippen LogP contribution in [0.5, 0.6) is 0 Å². The molecule has 0 aliphatic carbocycles. The quantitative estimate of drug-likeness (QED) is 0.182. The van der Waals surface area contributed by atoms with Crippen LogP contribution in [0.4, 0.5) is 20.1 Å². The normalized spacial score (nSPS) is 12.5. The number of aliphatic imine (C=N–C) groups is 1. The van der Waals surface area contributed by atoms with Gasteiger partial charge >= 0.3 is 24.2 Å². The summed E-state index contributed by atoms with van der Waals surface area (Å²) in [6.07, 6.45) is -2.38. The van der Waals surface area contributed by atoms with Crippen LogP contribution in [0.2, 0.25) is 0 Å². The molecule has 1 atom stereocenters. The third kappa shape index (κ3) is 14.9. The zero-order valence-corrected chi connectivity index (χ0v) is 25.4. The van der Waals surface area contributed by atoms with E-state index in [-0.39, 0.29) is 18.5 Å². The zero-order chi connectivity index (χ0) is 30.9. The third-order valence-corrected chi connectivity index (χ3v) is 4.36. The molecular weight excluding hydrogens is 520 g/mol. The topological polar surface area (TPSA) is 154 Å². The molecule has 0 spiro atoms. The lowest BCUT2D eigenvalue weighted by Crippen LogP contribution is -2.47. The van der Waals surface area contributed by atoms with Crippen molar-refractivity contribution < 1.29 is 38.1 Å². The van der Waals surface area contributed by atoms with Gasteiger partial charge in [-0.1, -0.05) is 26.0 Å². The van der Waals surface area contributed by atoms with Gasteiger partial charge in [-0.2, -0.15) is 0 Å². The average molecular weight is 565 g/mol. The van der Waals surface area contributed by atoms with Crippen LogP contribution < -0.4 is 16.0 Å². The summed E-state index contributed by atoms with van der Waals surface area (Å²) in [5.41, 5.74) is -1.37. The lowest BCUT2D eigenvalue weighted by Gasteiger charge is -2.24. The molecule has 1 rings (SSSR count). The molecule has 1 aromatic rings. The number of carbonyl (C=O) groups excluding carboxylic acids is 4. The van der Waals surface area contributed by atoms with Crippen LogP contribution >= 0.6 is 0 Å². The van der Waals surface area contributed by atoms with Crippen LogP contribution in [0.15, 0.2) is 29.3 Å². The fourth-order valence-corrected chi connectivity index (χ4v) is 2.91. The van der Waals surface area contributed by atoms with Crippen LogP contribution in [-0.4, -0.2) is 53.1 Å². The maximum Gasteiger partial charge on any atom is 0.414 e. The van der Waals surface area contributed by atoms with E-state index in [1.54, 1.807) is 100 Å². The van der Waals surface area contributed by atoms with Gasteiger partial charge in [-0.25, -0.2) is 24.2 Å². The van der Waals surface area contributed by atoms with Crippen LogP contribution in [-0.2, 0) is 30.3 Å². The van der Waals surface area contributed by atoms with Crippen molar-refractivity contribution in [2.45, 2.75) is 106 Å². The van der Waals surface area contributed by atoms with E-state index in [4.69, 9.17) is 18.9 Å². The number of esters is 1. The van der Waals surface area contributed by atoms with Gasteiger partial charge in [0.1, 0.15) is 29.5 Å². The molecule has 0 fully saturated rings. The number of rotatable bonds is 6. The third-order valence-electron chi connectivity index (χ3n) is 4.36. The number of guanidine groups is 1. The molecule has 0 saturated heterocycles. The van der Waals surface area contributed by atoms with E-state index in [1.165, 1.54) is 0 Å². The molecule has 12 nitrogen and oxygen atoms in total. The van der Waals surface area contributed by atoms with Gasteiger partial charge in [0, 0.05) is 0 Å². The number of benzene rings is 1. The number of carbonyl (C=O) groups is 4. The molecule has 0 aliphatic rings. The second kappa shape index (κ2) is 14.0. The Morgan fingerprint density at radius 3 is 1.70 bits per heavy atom. The molecule has 0 heterocycles. The minimum Gasteiger partial charge on any atom is -0.459 e. The molecule has 3 N–H and O–H groups in total. The molecule has 0 aromatic heterocycles. The smallest absolute Gasteiger partial charge is 0.414 e. The minimum absolute atomic E-state index is 0.115. The SMILES string of the molecule is CC(C)[C@@H](NC(=O)OC(C)(C)C)C(=O)OCc1cccc(N=C(NC(=O)OC(C)(C)C)NC(=O)OC(C)(C)C)c1. The van der Waals surface area contributed by atoms with Crippen molar-refractivity contribution in [1.82, 2.24) is 16.0 Å². The monoisotopic (exact) mass is 564 g/mol. The maximum absolute atomic E-state index is 12.7. The second-order valence-electron chi connectivity index (χ2n) is 12.4. The van der Waals surface area contributed by atoms with Gasteiger partial charge in [0.2, 0.25) is 5.96 Å². The maximum atomic E-state index is 12.7. The van der Waals surface area contributed by atoms with Crippen molar-refractivity contribution in [1.29, 1.82) is 0 Å². The molecule has 12 heteroatoms. The molecule has 40 heavy (non-hydrogen) atoms. The van der Waals surface area contributed by atoms with E-state index in [1.807, 2.05) is 0 Å². The first-order valence-corrected chi connectivity index (χ1v) is 13.0. The van der Waals surface area contributed by atoms with E-state index in [0.29, 0.717) is 11.3 Å². The highest BCUT2D eigenvalue weighted by molar-refractivity contribution is 6.02. The predicted molar refractivity (Wildman–Crippen MR) is 150 cm³/mol. The number of amides is 3. The van der Waals surface area contributed by atoms with Crippen LogP contribution in [0.25, 0.3) is 0 Å². The first-order valence-electron chi connectivity index (χ1n) is 13.0. The lowest BCUT2D eigenvalue weighted by atomic mass is 10.1. The average Bonchev–Trinajstić information content (AvgIpc) is 2.71. The molecule has 224 valence electrons. The van der Waals surface area contributed by atoms with E-state index in [9.17, 15) is 19.2 Å². The van der Waals surface area contributed by atoms with Gasteiger partial charge in [-0.05, 0) is 85.9 Å². The number of ether oxygens (including phenoxy) is 4. The summed E-state index contributed by atoms with van der Waals surface area (Å²) in [7, 11) is 0. The summed E-state index contributed by atoms with van der Waals surface area (Å²) in [6, 6.07) is 5.69. The number of hydrogen-bond acceptors (Lipinski definition) is 9. The van der Waals surface area contributed by atoms with Crippen molar-refractivity contribution in [3.8, 4) is 0 Å². The van der Waals surface area contributed by atoms with Gasteiger partial charge in [-0.15, -0.1) is 0 Å². The summed E-state index contributed by atoms with van der Waals surface area (Å²) >= 11 is 0. The standard InChI is InChI=1S/C28H44N4O8/c1-17(2)20(30-23(34)38-26(3,4)5)21(33)37-16-18-13-12-14-19(15-18)29-22(31-24(35)39-27(6,7)8)32-25(36)40-28(9,10)11/h12-15,17,20H,16H2,1-11H3,(H,30,34)(H2,29,31,32,35,36)/t20-/m1/s1. The Labute approximate surface area is 236 Å². The number of alkyl carbamates (subject to hydrolysis) is 3. The van der Waals surface area contributed by atoms with Gasteiger partial charge < -0.3 is 24.3 Å². The van der Waals surface area contributed by atoms with Crippen LogP contribution in [0, 0.1) is 5.92 Å². The Hall–Kier alpha value is -3.83. The van der Waals surface area contributed by atoms with Gasteiger partial charge in [0.25, 0.3) is 0 Å².